The van der Waals surface area contributed by atoms with Gasteiger partial charge in [0.1, 0.15) is 11.2 Å². The standard InChI is InChI=1S/C51H37NO/c1-51(2)45-23-10-9-18-44(45)48-46(51)24-13-25-47(48)52(38-30-26-35(27-31-38)34-14-5-3-6-15-34)39-32-28-37(29-33-39)41-20-12-22-43-42-21-11-19-40(49(42)53-50(41)43)36-16-7-4-8-17-36/h3-33H,1-2H3. The molecule has 53 heavy (non-hydrogen) atoms. The lowest BCUT2D eigenvalue weighted by atomic mass is 9.82. The van der Waals surface area contributed by atoms with E-state index in [0.717, 1.165) is 55.6 Å². The lowest BCUT2D eigenvalue weighted by Gasteiger charge is -2.29. The molecule has 0 bridgehead atoms. The lowest BCUT2D eigenvalue weighted by Crippen LogP contribution is -2.16. The molecule has 0 N–H and O–H groups in total. The van der Waals surface area contributed by atoms with Crippen LogP contribution in [0, 0.1) is 0 Å². The lowest BCUT2D eigenvalue weighted by molar-refractivity contribution is 0.660. The third-order valence-electron chi connectivity index (χ3n) is 11.1. The Bertz CT molecular complexity index is 2780. The number of nitrogens with zero attached hydrogens (tertiary/aromatic N) is 1. The first kappa shape index (κ1) is 31.1. The Labute approximate surface area is 310 Å². The van der Waals surface area contributed by atoms with Crippen molar-refractivity contribution in [3.05, 3.63) is 199 Å². The number of fused-ring (bicyclic) bond motifs is 6. The normalized spacial score (nSPS) is 12.9. The molecular formula is C51H37NO. The zero-order valence-corrected chi connectivity index (χ0v) is 29.8. The minimum atomic E-state index is -0.0970. The van der Waals surface area contributed by atoms with E-state index in [2.05, 4.69) is 207 Å². The summed E-state index contributed by atoms with van der Waals surface area (Å²) in [4.78, 5) is 2.42. The van der Waals surface area contributed by atoms with Crippen LogP contribution in [0.5, 0.6) is 0 Å². The number of furan rings is 1. The van der Waals surface area contributed by atoms with Crippen LogP contribution in [0.25, 0.3) is 66.4 Å². The monoisotopic (exact) mass is 679 g/mol. The van der Waals surface area contributed by atoms with E-state index in [-0.39, 0.29) is 5.41 Å². The minimum Gasteiger partial charge on any atom is -0.455 e. The van der Waals surface area contributed by atoms with Gasteiger partial charge in [0.25, 0.3) is 0 Å². The van der Waals surface area contributed by atoms with Crippen molar-refractivity contribution in [1.82, 2.24) is 0 Å². The Balaban J connectivity index is 1.12. The molecule has 0 unspecified atom stereocenters. The predicted molar refractivity (Wildman–Crippen MR) is 222 cm³/mol. The van der Waals surface area contributed by atoms with Gasteiger partial charge in [-0.15, -0.1) is 0 Å². The van der Waals surface area contributed by atoms with E-state index in [4.69, 9.17) is 4.42 Å². The van der Waals surface area contributed by atoms with Gasteiger partial charge < -0.3 is 9.32 Å². The van der Waals surface area contributed by atoms with E-state index in [1.165, 1.54) is 39.1 Å². The largest absolute Gasteiger partial charge is 0.455 e. The van der Waals surface area contributed by atoms with Gasteiger partial charge in [-0.1, -0.05) is 172 Å². The van der Waals surface area contributed by atoms with Crippen LogP contribution in [0.1, 0.15) is 25.0 Å². The third-order valence-corrected chi connectivity index (χ3v) is 11.1. The van der Waals surface area contributed by atoms with Crippen molar-refractivity contribution in [2.24, 2.45) is 0 Å². The average Bonchev–Trinajstić information content (AvgIpc) is 3.72. The van der Waals surface area contributed by atoms with E-state index < -0.39 is 0 Å². The number of para-hydroxylation sites is 2. The molecule has 0 spiro atoms. The minimum absolute atomic E-state index is 0.0970. The predicted octanol–water partition coefficient (Wildman–Crippen LogP) is 14.4. The van der Waals surface area contributed by atoms with E-state index in [1.54, 1.807) is 0 Å². The van der Waals surface area contributed by atoms with Gasteiger partial charge in [-0.2, -0.15) is 0 Å². The molecule has 8 aromatic carbocycles. The maximum absolute atomic E-state index is 6.78. The summed E-state index contributed by atoms with van der Waals surface area (Å²) in [7, 11) is 0. The second kappa shape index (κ2) is 12.3. The number of hydrogen-bond acceptors (Lipinski definition) is 2. The smallest absolute Gasteiger partial charge is 0.143 e. The Morgan fingerprint density at radius 3 is 1.45 bits per heavy atom. The van der Waals surface area contributed by atoms with Crippen molar-refractivity contribution in [2.75, 3.05) is 4.90 Å². The fourth-order valence-electron chi connectivity index (χ4n) is 8.46. The van der Waals surface area contributed by atoms with Gasteiger partial charge in [0.2, 0.25) is 0 Å². The second-order valence-corrected chi connectivity index (χ2v) is 14.5. The molecule has 0 fully saturated rings. The van der Waals surface area contributed by atoms with Crippen molar-refractivity contribution < 1.29 is 4.42 Å². The SMILES string of the molecule is CC1(C)c2ccccc2-c2c(N(c3ccc(-c4ccccc4)cc3)c3ccc(-c4cccc5c4oc4c(-c6ccccc6)cccc45)cc3)cccc21. The summed E-state index contributed by atoms with van der Waals surface area (Å²) in [6, 6.07) is 67.6. The molecule has 2 heteroatoms. The van der Waals surface area contributed by atoms with Crippen LogP contribution in [0.3, 0.4) is 0 Å². The van der Waals surface area contributed by atoms with Gasteiger partial charge in [-0.3, -0.25) is 0 Å². The first-order valence-corrected chi connectivity index (χ1v) is 18.4. The first-order chi connectivity index (χ1) is 26.1. The number of rotatable bonds is 6. The number of benzene rings is 8. The summed E-state index contributed by atoms with van der Waals surface area (Å²) in [5, 5.41) is 2.26. The topological polar surface area (TPSA) is 16.4 Å². The summed E-state index contributed by atoms with van der Waals surface area (Å²) < 4.78 is 6.78. The van der Waals surface area contributed by atoms with Crippen molar-refractivity contribution in [2.45, 2.75) is 19.3 Å². The average molecular weight is 680 g/mol. The van der Waals surface area contributed by atoms with Crippen LogP contribution < -0.4 is 4.90 Å². The number of hydrogen-bond donors (Lipinski definition) is 0. The fraction of sp³-hybridized carbons (Fsp3) is 0.0588. The molecule has 0 aliphatic heterocycles. The van der Waals surface area contributed by atoms with Crippen molar-refractivity contribution >= 4 is 39.0 Å². The van der Waals surface area contributed by atoms with Crippen molar-refractivity contribution in [3.63, 3.8) is 0 Å². The van der Waals surface area contributed by atoms with Gasteiger partial charge in [0.05, 0.1) is 5.69 Å². The van der Waals surface area contributed by atoms with E-state index in [1.807, 2.05) is 0 Å². The van der Waals surface area contributed by atoms with Crippen LogP contribution >= 0.6 is 0 Å². The first-order valence-electron chi connectivity index (χ1n) is 18.4. The highest BCUT2D eigenvalue weighted by Gasteiger charge is 2.37. The van der Waals surface area contributed by atoms with Crippen LogP contribution in [0.4, 0.5) is 17.1 Å². The second-order valence-electron chi connectivity index (χ2n) is 14.5. The third kappa shape index (κ3) is 5.02. The Kier molecular flexibility index (Phi) is 7.19. The molecular weight excluding hydrogens is 643 g/mol. The van der Waals surface area contributed by atoms with Crippen LogP contribution in [0.15, 0.2) is 192 Å². The van der Waals surface area contributed by atoms with Crippen molar-refractivity contribution in [1.29, 1.82) is 0 Å². The molecule has 0 saturated carbocycles. The highest BCUT2D eigenvalue weighted by atomic mass is 16.3. The molecule has 2 nitrogen and oxygen atoms in total. The molecule has 252 valence electrons. The van der Waals surface area contributed by atoms with E-state index >= 15 is 0 Å². The molecule has 10 rings (SSSR count). The summed E-state index contributed by atoms with van der Waals surface area (Å²) >= 11 is 0. The molecule has 0 radical (unpaired) electrons. The molecule has 0 atom stereocenters. The zero-order chi connectivity index (χ0) is 35.5. The summed E-state index contributed by atoms with van der Waals surface area (Å²) in [6.07, 6.45) is 0. The molecule has 1 aromatic heterocycles. The van der Waals surface area contributed by atoms with Gasteiger partial charge in [-0.05, 0) is 69.3 Å². The van der Waals surface area contributed by atoms with Crippen LogP contribution in [-0.2, 0) is 5.41 Å². The van der Waals surface area contributed by atoms with Gasteiger partial charge in [0, 0.05) is 44.3 Å². The Morgan fingerprint density at radius 2 is 0.830 bits per heavy atom. The molecule has 1 aliphatic carbocycles. The van der Waals surface area contributed by atoms with E-state index in [9.17, 15) is 0 Å². The van der Waals surface area contributed by atoms with Gasteiger partial charge in [0.15, 0.2) is 0 Å². The zero-order valence-electron chi connectivity index (χ0n) is 29.8. The number of anilines is 3. The summed E-state index contributed by atoms with van der Waals surface area (Å²) in [5.41, 5.74) is 17.3. The molecule has 0 amide bonds. The van der Waals surface area contributed by atoms with Crippen LogP contribution in [0.2, 0.25) is 0 Å². The van der Waals surface area contributed by atoms with Crippen molar-refractivity contribution in [3.8, 4) is 44.5 Å². The fourth-order valence-corrected chi connectivity index (χ4v) is 8.46. The molecule has 1 aliphatic rings. The summed E-state index contributed by atoms with van der Waals surface area (Å²) in [6.45, 7) is 4.69. The quantitative estimate of drug-likeness (QED) is 0.174. The van der Waals surface area contributed by atoms with Gasteiger partial charge in [-0.25, -0.2) is 0 Å². The molecule has 0 saturated heterocycles. The highest BCUT2D eigenvalue weighted by molar-refractivity contribution is 6.13. The van der Waals surface area contributed by atoms with E-state index in [0.29, 0.717) is 0 Å². The Morgan fingerprint density at radius 1 is 0.377 bits per heavy atom. The molecule has 1 heterocycles. The Hall–Kier alpha value is -6.64. The molecule has 9 aromatic rings. The maximum Gasteiger partial charge on any atom is 0.143 e. The van der Waals surface area contributed by atoms with Gasteiger partial charge >= 0.3 is 0 Å². The summed E-state index contributed by atoms with van der Waals surface area (Å²) in [5.74, 6) is 0. The van der Waals surface area contributed by atoms with Crippen LogP contribution in [-0.4, -0.2) is 0 Å². The maximum atomic E-state index is 6.78. The highest BCUT2D eigenvalue weighted by Crippen LogP contribution is 2.54.